The molecule has 0 spiro atoms. The van der Waals surface area contributed by atoms with Crippen LogP contribution >= 0.6 is 11.3 Å². The van der Waals surface area contributed by atoms with E-state index in [1.54, 1.807) is 18.3 Å². The summed E-state index contributed by atoms with van der Waals surface area (Å²) in [5.74, 6) is 0.373. The second-order valence-corrected chi connectivity index (χ2v) is 7.12. The molecule has 0 bridgehead atoms. The second-order valence-electron chi connectivity index (χ2n) is 3.87. The molecule has 1 N–H and O–H groups in total. The van der Waals surface area contributed by atoms with Crippen LogP contribution in [-0.2, 0) is 16.3 Å². The molecule has 1 aromatic heterocycles. The number of aliphatic hydroxyl groups is 1. The van der Waals surface area contributed by atoms with Crippen LogP contribution in [0.25, 0.3) is 0 Å². The Morgan fingerprint density at radius 1 is 1.50 bits per heavy atom. The number of thiophene rings is 1. The molecular weight excluding hydrogens is 244 g/mol. The number of sulfone groups is 1. The van der Waals surface area contributed by atoms with Crippen molar-refractivity contribution in [1.82, 2.24) is 0 Å². The second kappa shape index (κ2) is 6.37. The molecule has 1 unspecified atom stereocenters. The van der Waals surface area contributed by atoms with Gasteiger partial charge in [-0.1, -0.05) is 6.92 Å². The molecule has 1 atom stereocenters. The predicted molar refractivity (Wildman–Crippen MR) is 67.6 cm³/mol. The van der Waals surface area contributed by atoms with Gasteiger partial charge in [0, 0.05) is 5.75 Å². The summed E-state index contributed by atoms with van der Waals surface area (Å²) in [6.45, 7) is 1.65. The van der Waals surface area contributed by atoms with Gasteiger partial charge in [-0.15, -0.1) is 0 Å². The van der Waals surface area contributed by atoms with Crippen LogP contribution in [0.4, 0.5) is 0 Å². The summed E-state index contributed by atoms with van der Waals surface area (Å²) in [6.07, 6.45) is 1.29. The highest BCUT2D eigenvalue weighted by Crippen LogP contribution is 2.11. The molecule has 1 aromatic rings. The van der Waals surface area contributed by atoms with Crippen molar-refractivity contribution >= 4 is 21.2 Å². The highest BCUT2D eigenvalue weighted by molar-refractivity contribution is 7.91. The normalized spacial score (nSPS) is 13.9. The third kappa shape index (κ3) is 5.09. The maximum atomic E-state index is 11.2. The highest BCUT2D eigenvalue weighted by atomic mass is 32.2. The van der Waals surface area contributed by atoms with Crippen molar-refractivity contribution in [3.63, 3.8) is 0 Å². The van der Waals surface area contributed by atoms with Gasteiger partial charge in [0.25, 0.3) is 0 Å². The maximum Gasteiger partial charge on any atom is 0.150 e. The Kier molecular flexibility index (Phi) is 5.44. The van der Waals surface area contributed by atoms with Crippen LogP contribution < -0.4 is 0 Å². The minimum atomic E-state index is -2.89. The van der Waals surface area contributed by atoms with Gasteiger partial charge in [-0.3, -0.25) is 0 Å². The molecule has 3 nitrogen and oxygen atoms in total. The zero-order chi connectivity index (χ0) is 12.0. The van der Waals surface area contributed by atoms with Crippen LogP contribution in [0.1, 0.15) is 25.3 Å². The summed E-state index contributed by atoms with van der Waals surface area (Å²) in [6, 6.07) is 1.98. The Morgan fingerprint density at radius 2 is 2.25 bits per heavy atom. The zero-order valence-corrected chi connectivity index (χ0v) is 11.1. The van der Waals surface area contributed by atoms with E-state index < -0.39 is 15.9 Å². The lowest BCUT2D eigenvalue weighted by Crippen LogP contribution is -2.14. The molecule has 0 aliphatic carbocycles. The number of rotatable bonds is 7. The van der Waals surface area contributed by atoms with Crippen molar-refractivity contribution in [2.24, 2.45) is 0 Å². The van der Waals surface area contributed by atoms with E-state index in [9.17, 15) is 13.5 Å². The summed E-state index contributed by atoms with van der Waals surface area (Å²) in [7, 11) is -2.89. The van der Waals surface area contributed by atoms with Gasteiger partial charge in [0.1, 0.15) is 9.84 Å². The highest BCUT2D eigenvalue weighted by Gasteiger charge is 2.10. The van der Waals surface area contributed by atoms with E-state index in [1.807, 2.05) is 16.8 Å². The molecule has 0 fully saturated rings. The molecule has 0 saturated heterocycles. The molecule has 1 heterocycles. The summed E-state index contributed by atoms with van der Waals surface area (Å²) in [5, 5.41) is 13.7. The first-order chi connectivity index (χ1) is 7.53. The van der Waals surface area contributed by atoms with Crippen molar-refractivity contribution in [2.45, 2.75) is 32.3 Å². The van der Waals surface area contributed by atoms with E-state index in [-0.39, 0.29) is 11.5 Å². The lowest BCUT2D eigenvalue weighted by Gasteiger charge is -2.09. The number of aliphatic hydroxyl groups excluding tert-OH is 1. The first-order valence-corrected chi connectivity index (χ1v) is 8.19. The van der Waals surface area contributed by atoms with Crippen LogP contribution in [0.2, 0.25) is 0 Å². The monoisotopic (exact) mass is 262 g/mol. The quantitative estimate of drug-likeness (QED) is 0.816. The fourth-order valence-electron chi connectivity index (χ4n) is 1.47. The number of hydrogen-bond donors (Lipinski definition) is 1. The Bertz CT molecular complexity index is 381. The average molecular weight is 262 g/mol. The van der Waals surface area contributed by atoms with Crippen molar-refractivity contribution in [3.05, 3.63) is 22.4 Å². The van der Waals surface area contributed by atoms with E-state index >= 15 is 0 Å². The molecule has 1 rings (SSSR count). The molecule has 92 valence electrons. The Balaban J connectivity index is 2.23. The van der Waals surface area contributed by atoms with Crippen molar-refractivity contribution in [3.8, 4) is 0 Å². The van der Waals surface area contributed by atoms with E-state index in [2.05, 4.69) is 0 Å². The minimum Gasteiger partial charge on any atom is -0.393 e. The molecule has 16 heavy (non-hydrogen) atoms. The maximum absolute atomic E-state index is 11.2. The van der Waals surface area contributed by atoms with Crippen LogP contribution in [-0.4, -0.2) is 31.1 Å². The Labute approximate surface area is 101 Å². The lowest BCUT2D eigenvalue weighted by atomic mass is 10.1. The fourth-order valence-corrected chi connectivity index (χ4v) is 3.04. The number of hydrogen-bond acceptors (Lipinski definition) is 4. The largest absolute Gasteiger partial charge is 0.393 e. The van der Waals surface area contributed by atoms with Gasteiger partial charge in [0.2, 0.25) is 0 Å². The first-order valence-electron chi connectivity index (χ1n) is 5.43. The summed E-state index contributed by atoms with van der Waals surface area (Å²) in [5.41, 5.74) is 1.12. The van der Waals surface area contributed by atoms with Gasteiger partial charge in [0.15, 0.2) is 0 Å². The van der Waals surface area contributed by atoms with Crippen LogP contribution in [0.3, 0.4) is 0 Å². The van der Waals surface area contributed by atoms with E-state index in [4.69, 9.17) is 0 Å². The van der Waals surface area contributed by atoms with Gasteiger partial charge < -0.3 is 5.11 Å². The third-order valence-corrected chi connectivity index (χ3v) is 5.01. The first kappa shape index (κ1) is 13.7. The van der Waals surface area contributed by atoms with Crippen molar-refractivity contribution in [1.29, 1.82) is 0 Å². The molecular formula is C11H18O3S2. The zero-order valence-electron chi connectivity index (χ0n) is 9.43. The molecule has 0 saturated carbocycles. The lowest BCUT2D eigenvalue weighted by molar-refractivity contribution is 0.164. The van der Waals surface area contributed by atoms with Gasteiger partial charge in [-0.25, -0.2) is 8.42 Å². The molecule has 0 radical (unpaired) electrons. The van der Waals surface area contributed by atoms with Crippen LogP contribution in [0, 0.1) is 0 Å². The van der Waals surface area contributed by atoms with Crippen molar-refractivity contribution in [2.75, 3.05) is 11.5 Å². The van der Waals surface area contributed by atoms with Crippen LogP contribution in [0.15, 0.2) is 16.8 Å². The third-order valence-electron chi connectivity index (χ3n) is 2.48. The summed E-state index contributed by atoms with van der Waals surface area (Å²) < 4.78 is 22.4. The minimum absolute atomic E-state index is 0.185. The van der Waals surface area contributed by atoms with Gasteiger partial charge in [-0.05, 0) is 41.7 Å². The average Bonchev–Trinajstić information content (AvgIpc) is 2.70. The van der Waals surface area contributed by atoms with E-state index in [0.29, 0.717) is 19.3 Å². The molecule has 0 aliphatic rings. The standard InChI is InChI=1S/C11H18O3S2/c1-2-16(13,14)7-3-4-11(12)8-10-5-6-15-9-10/h5-6,9,11-12H,2-4,7-8H2,1H3. The van der Waals surface area contributed by atoms with Gasteiger partial charge in [0.05, 0.1) is 11.9 Å². The predicted octanol–water partition coefficient (Wildman–Crippen LogP) is 1.87. The topological polar surface area (TPSA) is 54.4 Å². The Morgan fingerprint density at radius 3 is 2.81 bits per heavy atom. The van der Waals surface area contributed by atoms with Gasteiger partial charge in [-0.2, -0.15) is 11.3 Å². The molecule has 0 amide bonds. The van der Waals surface area contributed by atoms with Crippen LogP contribution in [0.5, 0.6) is 0 Å². The molecule has 5 heteroatoms. The smallest absolute Gasteiger partial charge is 0.150 e. The van der Waals surface area contributed by atoms with E-state index in [0.717, 1.165) is 5.56 Å². The Hall–Kier alpha value is -0.390. The summed E-state index contributed by atoms with van der Waals surface area (Å²) >= 11 is 1.61. The fraction of sp³-hybridized carbons (Fsp3) is 0.636. The molecule has 0 aromatic carbocycles. The summed E-state index contributed by atoms with van der Waals surface area (Å²) in [4.78, 5) is 0. The van der Waals surface area contributed by atoms with Crippen molar-refractivity contribution < 1.29 is 13.5 Å². The SMILES string of the molecule is CCS(=O)(=O)CCCC(O)Cc1ccsc1. The van der Waals surface area contributed by atoms with E-state index in [1.165, 1.54) is 0 Å². The van der Waals surface area contributed by atoms with Gasteiger partial charge >= 0.3 is 0 Å². The molecule has 0 aliphatic heterocycles.